The van der Waals surface area contributed by atoms with Crippen LogP contribution >= 0.6 is 0 Å². The number of aliphatic hydroxyl groups is 1. The van der Waals surface area contributed by atoms with Crippen LogP contribution in [-0.2, 0) is 12.8 Å². The normalized spacial score (nSPS) is 14.2. The van der Waals surface area contributed by atoms with Gasteiger partial charge in [-0.3, -0.25) is 4.68 Å². The zero-order valence-electron chi connectivity index (χ0n) is 12.0. The van der Waals surface area contributed by atoms with Crippen molar-refractivity contribution in [2.75, 3.05) is 0 Å². The van der Waals surface area contributed by atoms with Crippen molar-refractivity contribution in [2.24, 2.45) is 0 Å². The van der Waals surface area contributed by atoms with E-state index in [2.05, 4.69) is 18.9 Å². The summed E-state index contributed by atoms with van der Waals surface area (Å²) in [5.41, 5.74) is 1.38. The predicted octanol–water partition coefficient (Wildman–Crippen LogP) is 3.14. The third-order valence-corrected chi connectivity index (χ3v) is 3.56. The first-order chi connectivity index (χ1) is 9.60. The molecule has 0 aliphatic carbocycles. The van der Waals surface area contributed by atoms with E-state index in [4.69, 9.17) is 0 Å². The molecular weight excluding hydrogens is 255 g/mol. The second-order valence-corrected chi connectivity index (χ2v) is 5.20. The average molecular weight is 276 g/mol. The fourth-order valence-corrected chi connectivity index (χ4v) is 2.15. The van der Waals surface area contributed by atoms with E-state index < -0.39 is 6.10 Å². The maximum atomic E-state index is 13.5. The van der Waals surface area contributed by atoms with E-state index >= 15 is 0 Å². The average Bonchev–Trinajstić information content (AvgIpc) is 2.89. The molecule has 1 aromatic heterocycles. The summed E-state index contributed by atoms with van der Waals surface area (Å²) in [6.45, 7) is 4.21. The van der Waals surface area contributed by atoms with Gasteiger partial charge in [0.25, 0.3) is 0 Å². The van der Waals surface area contributed by atoms with Crippen LogP contribution in [0, 0.1) is 5.82 Å². The molecule has 0 bridgehead atoms. The number of aliphatic hydroxyl groups excluding tert-OH is 1. The molecule has 1 aromatic carbocycles. The molecule has 0 aliphatic heterocycles. The monoisotopic (exact) mass is 276 g/mol. The zero-order chi connectivity index (χ0) is 14.5. The maximum absolute atomic E-state index is 13.5. The molecule has 0 spiro atoms. The van der Waals surface area contributed by atoms with Crippen molar-refractivity contribution >= 4 is 0 Å². The molecule has 3 nitrogen and oxygen atoms in total. The third kappa shape index (κ3) is 3.67. The Bertz CT molecular complexity index is 553. The Labute approximate surface area is 119 Å². The van der Waals surface area contributed by atoms with E-state index in [1.54, 1.807) is 18.2 Å². The summed E-state index contributed by atoms with van der Waals surface area (Å²) in [4.78, 5) is 0. The summed E-state index contributed by atoms with van der Waals surface area (Å²) in [7, 11) is 0. The van der Waals surface area contributed by atoms with Crippen LogP contribution < -0.4 is 0 Å². The van der Waals surface area contributed by atoms with Crippen molar-refractivity contribution in [3.8, 4) is 0 Å². The summed E-state index contributed by atoms with van der Waals surface area (Å²) >= 11 is 0. The Hall–Kier alpha value is -1.68. The molecule has 0 aliphatic rings. The van der Waals surface area contributed by atoms with Crippen molar-refractivity contribution in [1.29, 1.82) is 0 Å². The number of halogens is 1. The number of nitrogens with zero attached hydrogens (tertiary/aromatic N) is 2. The van der Waals surface area contributed by atoms with Gasteiger partial charge < -0.3 is 5.11 Å². The highest BCUT2D eigenvalue weighted by Crippen LogP contribution is 2.13. The molecule has 4 heteroatoms. The Kier molecular flexibility index (Phi) is 4.90. The molecule has 0 saturated heterocycles. The largest absolute Gasteiger partial charge is 0.392 e. The minimum atomic E-state index is -0.618. The van der Waals surface area contributed by atoms with Gasteiger partial charge in [-0.25, -0.2) is 4.39 Å². The third-order valence-electron chi connectivity index (χ3n) is 3.56. The number of hydrogen-bond donors (Lipinski definition) is 1. The van der Waals surface area contributed by atoms with E-state index in [1.807, 2.05) is 16.9 Å². The topological polar surface area (TPSA) is 38.0 Å². The van der Waals surface area contributed by atoms with Gasteiger partial charge in [0.2, 0.25) is 0 Å². The summed E-state index contributed by atoms with van der Waals surface area (Å²) in [5.74, 6) is -0.267. The number of aromatic nitrogens is 2. The molecule has 1 N–H and O–H groups in total. The summed E-state index contributed by atoms with van der Waals surface area (Å²) < 4.78 is 15.4. The van der Waals surface area contributed by atoms with E-state index in [0.29, 0.717) is 24.4 Å². The van der Waals surface area contributed by atoms with Gasteiger partial charge in [0.1, 0.15) is 5.82 Å². The first-order valence-electron chi connectivity index (χ1n) is 7.05. The Morgan fingerprint density at radius 3 is 2.70 bits per heavy atom. The molecule has 0 amide bonds. The smallest absolute Gasteiger partial charge is 0.126 e. The van der Waals surface area contributed by atoms with Crippen LogP contribution in [0.5, 0.6) is 0 Å². The zero-order valence-corrected chi connectivity index (χ0v) is 12.0. The number of rotatable bonds is 6. The van der Waals surface area contributed by atoms with Crippen LogP contribution in [0.15, 0.2) is 36.5 Å². The van der Waals surface area contributed by atoms with Crippen molar-refractivity contribution in [1.82, 2.24) is 9.78 Å². The molecule has 1 heterocycles. The van der Waals surface area contributed by atoms with E-state index in [0.717, 1.165) is 12.1 Å². The highest BCUT2D eigenvalue weighted by Gasteiger charge is 2.12. The van der Waals surface area contributed by atoms with Gasteiger partial charge in [-0.1, -0.05) is 25.1 Å². The van der Waals surface area contributed by atoms with Crippen LogP contribution in [0.1, 0.15) is 37.6 Å². The number of benzene rings is 1. The standard InChI is InChI=1S/C16H21FN2O/c1-3-12(2)19-9-8-14(18-19)11-15(20)10-13-6-4-5-7-16(13)17/h4-9,12,15,20H,3,10-11H2,1-2H3. The van der Waals surface area contributed by atoms with E-state index in [9.17, 15) is 9.50 Å². The van der Waals surface area contributed by atoms with Crippen molar-refractivity contribution in [3.63, 3.8) is 0 Å². The van der Waals surface area contributed by atoms with Crippen molar-refractivity contribution in [3.05, 3.63) is 53.6 Å². The van der Waals surface area contributed by atoms with Gasteiger partial charge in [0, 0.05) is 25.1 Å². The second-order valence-electron chi connectivity index (χ2n) is 5.20. The molecule has 2 rings (SSSR count). The SMILES string of the molecule is CCC(C)n1ccc(CC(O)Cc2ccccc2F)n1. The van der Waals surface area contributed by atoms with Crippen LogP contribution in [0.3, 0.4) is 0 Å². The van der Waals surface area contributed by atoms with Crippen molar-refractivity contribution < 1.29 is 9.50 Å². The quantitative estimate of drug-likeness (QED) is 0.880. The van der Waals surface area contributed by atoms with E-state index in [-0.39, 0.29) is 5.82 Å². The Balaban J connectivity index is 1.96. The van der Waals surface area contributed by atoms with Crippen LogP contribution in [0.25, 0.3) is 0 Å². The maximum Gasteiger partial charge on any atom is 0.126 e. The molecule has 20 heavy (non-hydrogen) atoms. The molecular formula is C16H21FN2O. The van der Waals surface area contributed by atoms with Crippen LogP contribution in [-0.4, -0.2) is 21.0 Å². The lowest BCUT2D eigenvalue weighted by atomic mass is 10.0. The lowest BCUT2D eigenvalue weighted by molar-refractivity contribution is 0.172. The lowest BCUT2D eigenvalue weighted by Crippen LogP contribution is -2.15. The molecule has 0 saturated carbocycles. The summed E-state index contributed by atoms with van der Waals surface area (Å²) in [6, 6.07) is 8.82. The first kappa shape index (κ1) is 14.7. The van der Waals surface area contributed by atoms with E-state index in [1.165, 1.54) is 6.07 Å². The fourth-order valence-electron chi connectivity index (χ4n) is 2.15. The van der Waals surface area contributed by atoms with Gasteiger partial charge in [0.05, 0.1) is 11.8 Å². The summed E-state index contributed by atoms with van der Waals surface area (Å²) in [5, 5.41) is 14.5. The molecule has 2 aromatic rings. The second kappa shape index (κ2) is 6.66. The Morgan fingerprint density at radius 2 is 2.00 bits per heavy atom. The lowest BCUT2D eigenvalue weighted by Gasteiger charge is -2.11. The highest BCUT2D eigenvalue weighted by molar-refractivity contribution is 5.18. The molecule has 108 valence electrons. The van der Waals surface area contributed by atoms with Gasteiger partial charge in [-0.2, -0.15) is 5.10 Å². The summed E-state index contributed by atoms with van der Waals surface area (Å²) in [6.07, 6.45) is 3.07. The van der Waals surface area contributed by atoms with Gasteiger partial charge in [0.15, 0.2) is 0 Å². The minimum absolute atomic E-state index is 0.267. The number of hydrogen-bond acceptors (Lipinski definition) is 2. The van der Waals surface area contributed by atoms with Crippen LogP contribution in [0.4, 0.5) is 4.39 Å². The van der Waals surface area contributed by atoms with Gasteiger partial charge in [-0.05, 0) is 31.0 Å². The molecule has 2 unspecified atom stereocenters. The van der Waals surface area contributed by atoms with Crippen LogP contribution in [0.2, 0.25) is 0 Å². The van der Waals surface area contributed by atoms with Gasteiger partial charge in [-0.15, -0.1) is 0 Å². The Morgan fingerprint density at radius 1 is 1.25 bits per heavy atom. The van der Waals surface area contributed by atoms with Crippen molar-refractivity contribution in [2.45, 2.75) is 45.3 Å². The molecule has 0 fully saturated rings. The minimum Gasteiger partial charge on any atom is -0.392 e. The molecule has 0 radical (unpaired) electrons. The molecule has 2 atom stereocenters. The first-order valence-corrected chi connectivity index (χ1v) is 7.05. The predicted molar refractivity (Wildman–Crippen MR) is 77.0 cm³/mol. The fraction of sp³-hybridized carbons (Fsp3) is 0.438. The van der Waals surface area contributed by atoms with Gasteiger partial charge >= 0.3 is 0 Å². The highest BCUT2D eigenvalue weighted by atomic mass is 19.1.